The Labute approximate surface area is 127 Å². The molecule has 0 saturated heterocycles. The van der Waals surface area contributed by atoms with E-state index < -0.39 is 11.6 Å². The molecule has 1 aromatic heterocycles. The highest BCUT2D eigenvalue weighted by atomic mass is 32.1. The molecule has 1 aliphatic rings. The summed E-state index contributed by atoms with van der Waals surface area (Å²) in [7, 11) is 0. The van der Waals surface area contributed by atoms with E-state index in [1.807, 2.05) is 24.3 Å². The number of rotatable bonds is 5. The number of fused-ring (bicyclic) bond motifs is 1. The molecule has 2 aromatic rings. The van der Waals surface area contributed by atoms with Gasteiger partial charge in [-0.2, -0.15) is 0 Å². The predicted octanol–water partition coefficient (Wildman–Crippen LogP) is 2.99. The van der Waals surface area contributed by atoms with Crippen molar-refractivity contribution in [2.45, 2.75) is 37.8 Å². The molecule has 1 saturated carbocycles. The highest BCUT2D eigenvalue weighted by Crippen LogP contribution is 2.32. The zero-order valence-corrected chi connectivity index (χ0v) is 12.6. The van der Waals surface area contributed by atoms with E-state index in [4.69, 9.17) is 0 Å². The standard InChI is InChI=1S/C16H19NO3S/c18-15(19)14-12(11-5-1-2-6-13(11)21-14)9-17-10-16(20)7-3-4-8-16/h1-2,5-6,17,20H,3-4,7-10H2,(H,18,19). The second-order valence-corrected chi connectivity index (χ2v) is 6.80. The third-order valence-corrected chi connectivity index (χ3v) is 5.38. The van der Waals surface area contributed by atoms with E-state index in [9.17, 15) is 15.0 Å². The molecule has 1 heterocycles. The van der Waals surface area contributed by atoms with E-state index in [1.165, 1.54) is 11.3 Å². The number of nitrogens with one attached hydrogen (secondary N) is 1. The lowest BCUT2D eigenvalue weighted by Gasteiger charge is -2.22. The van der Waals surface area contributed by atoms with E-state index in [0.717, 1.165) is 41.3 Å². The van der Waals surface area contributed by atoms with Gasteiger partial charge in [0.2, 0.25) is 0 Å². The molecule has 1 fully saturated rings. The molecule has 0 unspecified atom stereocenters. The summed E-state index contributed by atoms with van der Waals surface area (Å²) in [5, 5.41) is 23.9. The molecule has 3 rings (SSSR count). The van der Waals surface area contributed by atoms with Crippen LogP contribution >= 0.6 is 11.3 Å². The number of carboxylic acids is 1. The number of benzene rings is 1. The third kappa shape index (κ3) is 2.95. The largest absolute Gasteiger partial charge is 0.477 e. The zero-order chi connectivity index (χ0) is 14.9. The van der Waals surface area contributed by atoms with Crippen molar-refractivity contribution in [3.05, 3.63) is 34.7 Å². The molecule has 0 radical (unpaired) electrons. The number of carboxylic acid groups (broad SMARTS) is 1. The van der Waals surface area contributed by atoms with Crippen LogP contribution in [-0.4, -0.2) is 28.3 Å². The third-order valence-electron chi connectivity index (χ3n) is 4.18. The van der Waals surface area contributed by atoms with Crippen LogP contribution in [0.3, 0.4) is 0 Å². The first-order valence-corrected chi connectivity index (χ1v) is 8.07. The van der Waals surface area contributed by atoms with Gasteiger partial charge in [-0.15, -0.1) is 11.3 Å². The number of aliphatic hydroxyl groups is 1. The summed E-state index contributed by atoms with van der Waals surface area (Å²) >= 11 is 1.31. The molecule has 0 spiro atoms. The molecule has 5 heteroatoms. The first kappa shape index (κ1) is 14.5. The maximum atomic E-state index is 11.4. The van der Waals surface area contributed by atoms with Crippen molar-refractivity contribution in [3.63, 3.8) is 0 Å². The van der Waals surface area contributed by atoms with Crippen LogP contribution in [-0.2, 0) is 6.54 Å². The molecular weight excluding hydrogens is 286 g/mol. The molecular formula is C16H19NO3S. The van der Waals surface area contributed by atoms with Gasteiger partial charge < -0.3 is 15.5 Å². The van der Waals surface area contributed by atoms with Gasteiger partial charge in [0, 0.05) is 17.8 Å². The predicted molar refractivity (Wildman–Crippen MR) is 83.9 cm³/mol. The van der Waals surface area contributed by atoms with Gasteiger partial charge in [0.25, 0.3) is 0 Å². The highest BCUT2D eigenvalue weighted by molar-refractivity contribution is 7.21. The number of carbonyl (C=O) groups is 1. The average Bonchev–Trinajstić information content (AvgIpc) is 3.04. The van der Waals surface area contributed by atoms with Gasteiger partial charge in [-0.1, -0.05) is 31.0 Å². The first-order valence-electron chi connectivity index (χ1n) is 7.26. The summed E-state index contributed by atoms with van der Waals surface area (Å²) in [6.45, 7) is 1.00. The normalized spacial score (nSPS) is 17.4. The van der Waals surface area contributed by atoms with Crippen molar-refractivity contribution in [2.24, 2.45) is 0 Å². The van der Waals surface area contributed by atoms with Gasteiger partial charge >= 0.3 is 5.97 Å². The number of hydrogen-bond acceptors (Lipinski definition) is 4. The topological polar surface area (TPSA) is 69.6 Å². The molecule has 21 heavy (non-hydrogen) atoms. The van der Waals surface area contributed by atoms with E-state index in [1.54, 1.807) is 0 Å². The molecule has 3 N–H and O–H groups in total. The first-order chi connectivity index (χ1) is 10.1. The Morgan fingerprint density at radius 2 is 2.00 bits per heavy atom. The van der Waals surface area contributed by atoms with Crippen molar-refractivity contribution in [1.82, 2.24) is 5.32 Å². The fourth-order valence-electron chi connectivity index (χ4n) is 3.08. The van der Waals surface area contributed by atoms with Crippen molar-refractivity contribution in [1.29, 1.82) is 0 Å². The smallest absolute Gasteiger partial charge is 0.346 e. The van der Waals surface area contributed by atoms with Crippen LogP contribution < -0.4 is 5.32 Å². The van der Waals surface area contributed by atoms with E-state index in [2.05, 4.69) is 5.32 Å². The van der Waals surface area contributed by atoms with Crippen molar-refractivity contribution in [2.75, 3.05) is 6.54 Å². The van der Waals surface area contributed by atoms with Crippen LogP contribution in [0.4, 0.5) is 0 Å². The number of hydrogen-bond donors (Lipinski definition) is 3. The molecule has 112 valence electrons. The van der Waals surface area contributed by atoms with Crippen LogP contribution in [0.25, 0.3) is 10.1 Å². The second-order valence-electron chi connectivity index (χ2n) is 5.75. The van der Waals surface area contributed by atoms with Crippen LogP contribution in [0.1, 0.15) is 40.9 Å². The summed E-state index contributed by atoms with van der Waals surface area (Å²) in [6.07, 6.45) is 3.80. The Morgan fingerprint density at radius 1 is 1.29 bits per heavy atom. The van der Waals surface area contributed by atoms with Gasteiger partial charge in [0.05, 0.1) is 5.60 Å². The Kier molecular flexibility index (Phi) is 3.97. The lowest BCUT2D eigenvalue weighted by molar-refractivity contribution is 0.0475. The maximum Gasteiger partial charge on any atom is 0.346 e. The molecule has 1 aliphatic carbocycles. The summed E-state index contributed by atoms with van der Waals surface area (Å²) in [4.78, 5) is 11.8. The fourth-order valence-corrected chi connectivity index (χ4v) is 4.14. The lowest BCUT2D eigenvalue weighted by Crippen LogP contribution is -2.37. The van der Waals surface area contributed by atoms with Crippen LogP contribution in [0.5, 0.6) is 0 Å². The van der Waals surface area contributed by atoms with E-state index in [0.29, 0.717) is 18.0 Å². The summed E-state index contributed by atoms with van der Waals surface area (Å²) in [6, 6.07) is 7.75. The minimum atomic E-state index is -0.882. The molecule has 1 aromatic carbocycles. The summed E-state index contributed by atoms with van der Waals surface area (Å²) in [5.74, 6) is -0.882. The highest BCUT2D eigenvalue weighted by Gasteiger charge is 2.30. The van der Waals surface area contributed by atoms with Gasteiger partial charge in [-0.25, -0.2) is 4.79 Å². The zero-order valence-electron chi connectivity index (χ0n) is 11.8. The molecule has 4 nitrogen and oxygen atoms in total. The molecule has 0 bridgehead atoms. The Morgan fingerprint density at radius 3 is 2.71 bits per heavy atom. The second kappa shape index (κ2) is 5.75. The molecule has 0 amide bonds. The van der Waals surface area contributed by atoms with Gasteiger partial charge in [0.15, 0.2) is 0 Å². The number of thiophene rings is 1. The minimum absolute atomic E-state index is 0.391. The SMILES string of the molecule is O=C(O)c1sc2ccccc2c1CNCC1(O)CCCC1. The quantitative estimate of drug-likeness (QED) is 0.794. The lowest BCUT2D eigenvalue weighted by atomic mass is 10.0. The van der Waals surface area contributed by atoms with Gasteiger partial charge in [-0.3, -0.25) is 0 Å². The monoisotopic (exact) mass is 305 g/mol. The van der Waals surface area contributed by atoms with Crippen molar-refractivity contribution >= 4 is 27.4 Å². The van der Waals surface area contributed by atoms with Crippen molar-refractivity contribution < 1.29 is 15.0 Å². The van der Waals surface area contributed by atoms with Crippen LogP contribution in [0.15, 0.2) is 24.3 Å². The minimum Gasteiger partial charge on any atom is -0.477 e. The van der Waals surface area contributed by atoms with Gasteiger partial charge in [0.1, 0.15) is 4.88 Å². The Balaban J connectivity index is 1.79. The van der Waals surface area contributed by atoms with Gasteiger partial charge in [-0.05, 0) is 29.9 Å². The Hall–Kier alpha value is -1.43. The van der Waals surface area contributed by atoms with Crippen LogP contribution in [0, 0.1) is 0 Å². The van der Waals surface area contributed by atoms with Crippen LogP contribution in [0.2, 0.25) is 0 Å². The van der Waals surface area contributed by atoms with Crippen molar-refractivity contribution in [3.8, 4) is 0 Å². The molecule has 0 atom stereocenters. The Bertz CT molecular complexity index is 659. The summed E-state index contributed by atoms with van der Waals surface area (Å²) in [5.41, 5.74) is 0.208. The summed E-state index contributed by atoms with van der Waals surface area (Å²) < 4.78 is 0.992. The van der Waals surface area contributed by atoms with E-state index >= 15 is 0 Å². The maximum absolute atomic E-state index is 11.4. The number of aromatic carboxylic acids is 1. The van der Waals surface area contributed by atoms with E-state index in [-0.39, 0.29) is 0 Å². The average molecular weight is 305 g/mol. The fraction of sp³-hybridized carbons (Fsp3) is 0.438. The molecule has 0 aliphatic heterocycles.